The molecule has 136 valence electrons. The van der Waals surface area contributed by atoms with E-state index in [0.29, 0.717) is 12.1 Å². The van der Waals surface area contributed by atoms with E-state index in [0.717, 1.165) is 17.5 Å². The third kappa shape index (κ3) is 4.00. The molecule has 0 radical (unpaired) electrons. The van der Waals surface area contributed by atoms with Crippen molar-refractivity contribution in [1.82, 2.24) is 4.57 Å². The minimum atomic E-state index is -0.957. The largest absolute Gasteiger partial charge is 0.454 e. The Bertz CT molecular complexity index is 901. The molecule has 0 aliphatic heterocycles. The smallest absolute Gasteiger partial charge is 0.345 e. The lowest BCUT2D eigenvalue weighted by Gasteiger charge is -2.07. The van der Waals surface area contributed by atoms with Gasteiger partial charge in [0.05, 0.1) is 4.92 Å². The Hall–Kier alpha value is -2.93. The van der Waals surface area contributed by atoms with Crippen LogP contribution in [0.4, 0.5) is 5.69 Å². The molecule has 0 saturated carbocycles. The van der Waals surface area contributed by atoms with Crippen LogP contribution >= 0.6 is 11.6 Å². The van der Waals surface area contributed by atoms with Gasteiger partial charge in [-0.1, -0.05) is 17.7 Å². The molecular formula is C18H17ClN2O5. The van der Waals surface area contributed by atoms with Crippen molar-refractivity contribution in [2.24, 2.45) is 0 Å². The van der Waals surface area contributed by atoms with Gasteiger partial charge in [-0.15, -0.1) is 6.58 Å². The number of carbonyl (C=O) groups is 2. The van der Waals surface area contributed by atoms with Crippen LogP contribution in [-0.4, -0.2) is 27.8 Å². The molecule has 0 unspecified atom stereocenters. The zero-order valence-corrected chi connectivity index (χ0v) is 15.1. The van der Waals surface area contributed by atoms with E-state index < -0.39 is 29.0 Å². The van der Waals surface area contributed by atoms with Crippen LogP contribution < -0.4 is 0 Å². The highest BCUT2D eigenvalue weighted by Crippen LogP contribution is 2.24. The van der Waals surface area contributed by atoms with Crippen molar-refractivity contribution < 1.29 is 19.2 Å². The molecule has 0 spiro atoms. The third-order valence-electron chi connectivity index (χ3n) is 3.90. The monoisotopic (exact) mass is 376 g/mol. The van der Waals surface area contributed by atoms with E-state index in [9.17, 15) is 19.7 Å². The number of aryl methyl sites for hydroxylation is 1. The van der Waals surface area contributed by atoms with Crippen LogP contribution in [0.15, 0.2) is 36.9 Å². The van der Waals surface area contributed by atoms with E-state index in [-0.39, 0.29) is 10.6 Å². The lowest BCUT2D eigenvalue weighted by Crippen LogP contribution is -2.16. The summed E-state index contributed by atoms with van der Waals surface area (Å²) < 4.78 is 6.88. The van der Waals surface area contributed by atoms with Crippen molar-refractivity contribution in [2.45, 2.75) is 20.4 Å². The first-order valence-electron chi connectivity index (χ1n) is 7.68. The van der Waals surface area contributed by atoms with Gasteiger partial charge in [-0.05, 0) is 32.0 Å². The number of hydrogen-bond donors (Lipinski definition) is 0. The summed E-state index contributed by atoms with van der Waals surface area (Å²) in [6.45, 7) is 7.36. The Kier molecular flexibility index (Phi) is 5.94. The first-order chi connectivity index (χ1) is 12.3. The molecule has 0 amide bonds. The molecule has 0 bridgehead atoms. The highest BCUT2D eigenvalue weighted by molar-refractivity contribution is 6.31. The van der Waals surface area contributed by atoms with Crippen molar-refractivity contribution in [1.29, 1.82) is 0 Å². The SMILES string of the molecule is C=CCn1c(C)cc(C(=O)COC(=O)c2ccc(Cl)cc2[N+](=O)[O-])c1C. The number of halogens is 1. The zero-order chi connectivity index (χ0) is 19.4. The maximum Gasteiger partial charge on any atom is 0.345 e. The number of allylic oxidation sites excluding steroid dienone is 1. The number of benzene rings is 1. The molecule has 1 heterocycles. The van der Waals surface area contributed by atoms with Gasteiger partial charge < -0.3 is 9.30 Å². The summed E-state index contributed by atoms with van der Waals surface area (Å²) in [5, 5.41) is 11.2. The Morgan fingerprint density at radius 3 is 2.62 bits per heavy atom. The van der Waals surface area contributed by atoms with Gasteiger partial charge in [0.2, 0.25) is 5.78 Å². The summed E-state index contributed by atoms with van der Waals surface area (Å²) in [7, 11) is 0. The highest BCUT2D eigenvalue weighted by atomic mass is 35.5. The third-order valence-corrected chi connectivity index (χ3v) is 4.13. The Labute approximate surface area is 155 Å². The number of esters is 1. The fourth-order valence-corrected chi connectivity index (χ4v) is 2.77. The van der Waals surface area contributed by atoms with Crippen LogP contribution in [0.25, 0.3) is 0 Å². The molecule has 0 N–H and O–H groups in total. The van der Waals surface area contributed by atoms with Crippen molar-refractivity contribution in [3.63, 3.8) is 0 Å². The van der Waals surface area contributed by atoms with E-state index in [1.54, 1.807) is 19.1 Å². The Morgan fingerprint density at radius 1 is 1.31 bits per heavy atom. The molecule has 8 heteroatoms. The van der Waals surface area contributed by atoms with Gasteiger partial charge in [-0.2, -0.15) is 0 Å². The summed E-state index contributed by atoms with van der Waals surface area (Å²) >= 11 is 5.71. The molecule has 2 aromatic rings. The number of nitro groups is 1. The molecule has 0 atom stereocenters. The fraction of sp³-hybridized carbons (Fsp3) is 0.222. The van der Waals surface area contributed by atoms with Crippen LogP contribution in [0.2, 0.25) is 5.02 Å². The first-order valence-corrected chi connectivity index (χ1v) is 8.06. The highest BCUT2D eigenvalue weighted by Gasteiger charge is 2.23. The van der Waals surface area contributed by atoms with Crippen molar-refractivity contribution in [3.05, 3.63) is 74.6 Å². The lowest BCUT2D eigenvalue weighted by molar-refractivity contribution is -0.385. The number of rotatable bonds is 7. The van der Waals surface area contributed by atoms with Crippen LogP contribution in [-0.2, 0) is 11.3 Å². The summed E-state index contributed by atoms with van der Waals surface area (Å²) in [5.74, 6) is -1.35. The summed E-state index contributed by atoms with van der Waals surface area (Å²) in [6, 6.07) is 5.31. The molecule has 0 fully saturated rings. The minimum Gasteiger partial charge on any atom is -0.454 e. The van der Waals surface area contributed by atoms with Crippen LogP contribution in [0.5, 0.6) is 0 Å². The van der Waals surface area contributed by atoms with Crippen LogP contribution in [0.1, 0.15) is 32.1 Å². The molecule has 0 aliphatic rings. The average molecular weight is 377 g/mol. The molecule has 1 aromatic heterocycles. The molecule has 1 aromatic carbocycles. The predicted octanol–water partition coefficient (Wildman–Crippen LogP) is 3.89. The maximum absolute atomic E-state index is 12.4. The normalized spacial score (nSPS) is 10.4. The molecule has 2 rings (SSSR count). The van der Waals surface area contributed by atoms with Gasteiger partial charge in [-0.3, -0.25) is 14.9 Å². The first kappa shape index (κ1) is 19.4. The van der Waals surface area contributed by atoms with E-state index in [4.69, 9.17) is 16.3 Å². The summed E-state index contributed by atoms with van der Waals surface area (Å²) in [5.41, 5.74) is 1.32. The quantitative estimate of drug-likeness (QED) is 0.240. The van der Waals surface area contributed by atoms with E-state index in [1.807, 2.05) is 11.5 Å². The van der Waals surface area contributed by atoms with E-state index in [1.165, 1.54) is 12.1 Å². The number of carbonyl (C=O) groups excluding carboxylic acids is 2. The number of ether oxygens (including phenoxy) is 1. The number of hydrogen-bond acceptors (Lipinski definition) is 5. The van der Waals surface area contributed by atoms with Gasteiger partial charge in [0.15, 0.2) is 6.61 Å². The number of ketones is 1. The second-order valence-electron chi connectivity index (χ2n) is 5.60. The van der Waals surface area contributed by atoms with Gasteiger partial charge in [0, 0.05) is 34.6 Å². The van der Waals surface area contributed by atoms with Crippen molar-refractivity contribution in [3.8, 4) is 0 Å². The number of aromatic nitrogens is 1. The fourth-order valence-electron chi connectivity index (χ4n) is 2.61. The average Bonchev–Trinajstić information content (AvgIpc) is 2.87. The van der Waals surface area contributed by atoms with Crippen molar-refractivity contribution in [2.75, 3.05) is 6.61 Å². The Balaban J connectivity index is 2.16. The molecule has 7 nitrogen and oxygen atoms in total. The molecule has 26 heavy (non-hydrogen) atoms. The Morgan fingerprint density at radius 2 is 2.00 bits per heavy atom. The van der Waals surface area contributed by atoms with Gasteiger partial charge in [0.1, 0.15) is 5.56 Å². The standard InChI is InChI=1S/C18H17ClN2O5/c1-4-7-20-11(2)8-15(12(20)3)17(22)10-26-18(23)14-6-5-13(19)9-16(14)21(24)25/h4-6,8-9H,1,7,10H2,2-3H3. The van der Waals surface area contributed by atoms with Crippen LogP contribution in [0.3, 0.4) is 0 Å². The molecule has 0 aliphatic carbocycles. The summed E-state index contributed by atoms with van der Waals surface area (Å²) in [6.07, 6.45) is 1.72. The zero-order valence-electron chi connectivity index (χ0n) is 14.3. The second-order valence-corrected chi connectivity index (χ2v) is 6.04. The van der Waals surface area contributed by atoms with Gasteiger partial charge in [-0.25, -0.2) is 4.79 Å². The van der Waals surface area contributed by atoms with Gasteiger partial charge in [0.25, 0.3) is 5.69 Å². The summed E-state index contributed by atoms with van der Waals surface area (Å²) in [4.78, 5) is 34.8. The van der Waals surface area contributed by atoms with E-state index in [2.05, 4.69) is 6.58 Å². The maximum atomic E-state index is 12.4. The number of Topliss-reactive ketones (excluding diaryl/α,β-unsaturated/α-hetero) is 1. The number of nitro benzene ring substituents is 1. The topological polar surface area (TPSA) is 91.4 Å². The molecular weight excluding hydrogens is 360 g/mol. The minimum absolute atomic E-state index is 0.124. The predicted molar refractivity (Wildman–Crippen MR) is 96.8 cm³/mol. The second kappa shape index (κ2) is 7.97. The molecule has 0 saturated heterocycles. The van der Waals surface area contributed by atoms with Crippen molar-refractivity contribution >= 4 is 29.0 Å². The van der Waals surface area contributed by atoms with E-state index >= 15 is 0 Å². The van der Waals surface area contributed by atoms with Crippen LogP contribution in [0, 0.1) is 24.0 Å². The number of nitrogens with zero attached hydrogens (tertiary/aromatic N) is 2. The lowest BCUT2D eigenvalue weighted by atomic mass is 10.1. The van der Waals surface area contributed by atoms with Gasteiger partial charge >= 0.3 is 5.97 Å².